The highest BCUT2D eigenvalue weighted by atomic mass is 79.9. The minimum Gasteiger partial charge on any atom is -0.454 e. The largest absolute Gasteiger partial charge is 0.454 e. The Labute approximate surface area is 179 Å². The van der Waals surface area contributed by atoms with Crippen molar-refractivity contribution in [3.8, 4) is 11.5 Å². The van der Waals surface area contributed by atoms with Crippen molar-refractivity contribution in [1.29, 1.82) is 0 Å². The molecule has 1 N–H and O–H groups in total. The minimum absolute atomic E-state index is 0.121. The maximum Gasteiger partial charge on any atom is 0.262 e. The summed E-state index contributed by atoms with van der Waals surface area (Å²) >= 11 is 4.64. The van der Waals surface area contributed by atoms with Gasteiger partial charge in [0.15, 0.2) is 16.7 Å². The van der Waals surface area contributed by atoms with Crippen molar-refractivity contribution in [2.45, 2.75) is 30.8 Å². The number of halogens is 1. The van der Waals surface area contributed by atoms with E-state index in [1.807, 2.05) is 13.0 Å². The molecule has 0 radical (unpaired) electrons. The van der Waals surface area contributed by atoms with E-state index in [0.29, 0.717) is 39.8 Å². The highest BCUT2D eigenvalue weighted by Gasteiger charge is 2.20. The van der Waals surface area contributed by atoms with Crippen molar-refractivity contribution in [2.24, 2.45) is 0 Å². The Morgan fingerprint density at radius 2 is 2.07 bits per heavy atom. The van der Waals surface area contributed by atoms with E-state index < -0.39 is 5.25 Å². The summed E-state index contributed by atoms with van der Waals surface area (Å²) in [4.78, 5) is 30.1. The van der Waals surface area contributed by atoms with Crippen LogP contribution in [0.25, 0.3) is 10.9 Å². The van der Waals surface area contributed by atoms with Crippen molar-refractivity contribution in [2.75, 3.05) is 12.1 Å². The molecule has 4 rings (SSSR count). The van der Waals surface area contributed by atoms with Gasteiger partial charge < -0.3 is 14.8 Å². The monoisotopic (exact) mass is 475 g/mol. The van der Waals surface area contributed by atoms with Crippen LogP contribution in [0.3, 0.4) is 0 Å². The van der Waals surface area contributed by atoms with Crippen LogP contribution >= 0.6 is 27.7 Å². The Morgan fingerprint density at radius 1 is 1.28 bits per heavy atom. The number of ether oxygens (including phenoxy) is 2. The molecule has 1 aliphatic rings. The van der Waals surface area contributed by atoms with Crippen molar-refractivity contribution < 1.29 is 14.3 Å². The van der Waals surface area contributed by atoms with Crippen LogP contribution in [-0.2, 0) is 11.3 Å². The summed E-state index contributed by atoms with van der Waals surface area (Å²) in [5.74, 6) is 1.07. The smallest absolute Gasteiger partial charge is 0.262 e. The van der Waals surface area contributed by atoms with Crippen LogP contribution in [0.5, 0.6) is 11.5 Å². The number of benzene rings is 2. The number of carbonyl (C=O) groups is 1. The highest BCUT2D eigenvalue weighted by molar-refractivity contribution is 9.10. The molecule has 2 aromatic carbocycles. The lowest BCUT2D eigenvalue weighted by Crippen LogP contribution is -2.26. The second-order valence-electron chi connectivity index (χ2n) is 6.42. The van der Waals surface area contributed by atoms with Crippen molar-refractivity contribution in [3.05, 3.63) is 51.2 Å². The summed E-state index contributed by atoms with van der Waals surface area (Å²) in [5, 5.41) is 3.47. The Morgan fingerprint density at radius 3 is 2.86 bits per heavy atom. The number of thioether (sulfide) groups is 1. The van der Waals surface area contributed by atoms with Gasteiger partial charge in [0.1, 0.15) is 0 Å². The van der Waals surface area contributed by atoms with Gasteiger partial charge in [-0.2, -0.15) is 0 Å². The average Bonchev–Trinajstić information content (AvgIpc) is 3.16. The van der Waals surface area contributed by atoms with Crippen LogP contribution < -0.4 is 20.3 Å². The third kappa shape index (κ3) is 3.97. The van der Waals surface area contributed by atoms with Crippen LogP contribution in [0.15, 0.2) is 50.8 Å². The van der Waals surface area contributed by atoms with Crippen molar-refractivity contribution >= 4 is 50.2 Å². The number of nitrogens with zero attached hydrogens (tertiary/aromatic N) is 2. The first-order chi connectivity index (χ1) is 14.0. The predicted molar refractivity (Wildman–Crippen MR) is 116 cm³/mol. The summed E-state index contributed by atoms with van der Waals surface area (Å²) in [5.41, 5.74) is 1.11. The molecule has 1 amide bonds. The number of hydrogen-bond acceptors (Lipinski definition) is 6. The molecule has 1 aromatic heterocycles. The van der Waals surface area contributed by atoms with Crippen LogP contribution in [0, 0.1) is 0 Å². The average molecular weight is 476 g/mol. The lowest BCUT2D eigenvalue weighted by Gasteiger charge is -2.15. The third-order valence-corrected chi connectivity index (χ3v) is 6.07. The number of aromatic nitrogens is 2. The number of amides is 1. The molecule has 1 atom stereocenters. The van der Waals surface area contributed by atoms with Gasteiger partial charge in [-0.1, -0.05) is 27.7 Å². The zero-order valence-corrected chi connectivity index (χ0v) is 18.2. The van der Waals surface area contributed by atoms with Gasteiger partial charge >= 0.3 is 0 Å². The van der Waals surface area contributed by atoms with E-state index in [0.717, 1.165) is 4.47 Å². The molecule has 9 heteroatoms. The van der Waals surface area contributed by atoms with Gasteiger partial charge in [-0.25, -0.2) is 4.98 Å². The molecule has 1 unspecified atom stereocenters. The first-order valence-corrected chi connectivity index (χ1v) is 10.7. The minimum atomic E-state index is -0.460. The van der Waals surface area contributed by atoms with Crippen LogP contribution in [0.1, 0.15) is 13.8 Å². The molecule has 0 saturated heterocycles. The lowest BCUT2D eigenvalue weighted by atomic mass is 10.2. The van der Waals surface area contributed by atoms with Crippen LogP contribution in [-0.4, -0.2) is 27.5 Å². The van der Waals surface area contributed by atoms with Gasteiger partial charge in [0.25, 0.3) is 5.56 Å². The summed E-state index contributed by atoms with van der Waals surface area (Å²) in [6.07, 6.45) is 0. The fourth-order valence-electron chi connectivity index (χ4n) is 2.97. The SMILES string of the molecule is CCn1c(SC(C)C(=O)Nc2ccc3c(c2)OCO3)nc2ccc(Br)cc2c1=O. The maximum atomic E-state index is 12.8. The summed E-state index contributed by atoms with van der Waals surface area (Å²) in [7, 11) is 0. The number of rotatable bonds is 5. The fraction of sp³-hybridized carbons (Fsp3) is 0.250. The molecule has 0 saturated carbocycles. The third-order valence-electron chi connectivity index (χ3n) is 4.49. The predicted octanol–water partition coefficient (Wildman–Crippen LogP) is 4.03. The maximum absolute atomic E-state index is 12.8. The van der Waals surface area contributed by atoms with Crippen LogP contribution in [0.2, 0.25) is 0 Å². The van der Waals surface area contributed by atoms with Crippen molar-refractivity contribution in [3.63, 3.8) is 0 Å². The second kappa shape index (κ2) is 8.08. The van der Waals surface area contributed by atoms with Gasteiger partial charge in [0.2, 0.25) is 12.7 Å². The van der Waals surface area contributed by atoms with Crippen molar-refractivity contribution in [1.82, 2.24) is 9.55 Å². The zero-order valence-electron chi connectivity index (χ0n) is 15.8. The lowest BCUT2D eigenvalue weighted by molar-refractivity contribution is -0.115. The number of nitrogens with one attached hydrogen (secondary N) is 1. The molecule has 150 valence electrons. The summed E-state index contributed by atoms with van der Waals surface area (Å²) in [6, 6.07) is 10.6. The Balaban J connectivity index is 1.56. The quantitative estimate of drug-likeness (QED) is 0.443. The van der Waals surface area contributed by atoms with Crippen LogP contribution in [0.4, 0.5) is 5.69 Å². The molecular formula is C20H18BrN3O4S. The van der Waals surface area contributed by atoms with Gasteiger partial charge in [-0.05, 0) is 44.2 Å². The van der Waals surface area contributed by atoms with E-state index in [2.05, 4.69) is 26.2 Å². The second-order valence-corrected chi connectivity index (χ2v) is 8.65. The molecule has 3 aromatic rings. The Hall–Kier alpha value is -2.52. The first-order valence-electron chi connectivity index (χ1n) is 9.03. The topological polar surface area (TPSA) is 82.5 Å². The fourth-order valence-corrected chi connectivity index (χ4v) is 4.30. The number of carbonyl (C=O) groups excluding carboxylic acids is 1. The molecule has 7 nitrogen and oxygen atoms in total. The van der Waals surface area contributed by atoms with E-state index in [-0.39, 0.29) is 18.3 Å². The van der Waals surface area contributed by atoms with E-state index in [9.17, 15) is 9.59 Å². The van der Waals surface area contributed by atoms with Gasteiger partial charge in [0.05, 0.1) is 16.2 Å². The Kier molecular flexibility index (Phi) is 5.51. The van der Waals surface area contributed by atoms with Gasteiger partial charge in [0, 0.05) is 22.8 Å². The molecular weight excluding hydrogens is 458 g/mol. The van der Waals surface area contributed by atoms with E-state index in [1.54, 1.807) is 41.8 Å². The van der Waals surface area contributed by atoms with E-state index in [1.165, 1.54) is 11.8 Å². The summed E-state index contributed by atoms with van der Waals surface area (Å²) < 4.78 is 13.0. The molecule has 0 aliphatic carbocycles. The zero-order chi connectivity index (χ0) is 20.5. The Bertz CT molecular complexity index is 1160. The molecule has 2 heterocycles. The number of anilines is 1. The number of fused-ring (bicyclic) bond motifs is 2. The first kappa shape index (κ1) is 19.8. The molecule has 29 heavy (non-hydrogen) atoms. The molecule has 1 aliphatic heterocycles. The molecule has 0 spiro atoms. The van der Waals surface area contributed by atoms with Gasteiger partial charge in [-0.3, -0.25) is 14.2 Å². The summed E-state index contributed by atoms with van der Waals surface area (Å²) in [6.45, 7) is 4.31. The normalized spacial score (nSPS) is 13.5. The van der Waals surface area contributed by atoms with E-state index >= 15 is 0 Å². The molecule has 0 fully saturated rings. The molecule has 0 bridgehead atoms. The van der Waals surface area contributed by atoms with Gasteiger partial charge in [-0.15, -0.1) is 0 Å². The number of hydrogen-bond donors (Lipinski definition) is 1. The van der Waals surface area contributed by atoms with E-state index in [4.69, 9.17) is 9.47 Å². The highest BCUT2D eigenvalue weighted by Crippen LogP contribution is 2.34. The standard InChI is InChI=1S/C20H18BrN3O4S/c1-3-24-19(26)14-8-12(21)4-6-15(14)23-20(24)29-11(2)18(25)22-13-5-7-16-17(9-13)28-10-27-16/h4-9,11H,3,10H2,1-2H3,(H,22,25).